The molecule has 1 aliphatic rings. The Balaban J connectivity index is 2.78. The molecule has 1 rings (SSSR count). The highest BCUT2D eigenvalue weighted by molar-refractivity contribution is 8.02. The third kappa shape index (κ3) is 1.31. The molecule has 0 aromatic rings. The first-order valence-electron chi connectivity index (χ1n) is 3.67. The van der Waals surface area contributed by atoms with Gasteiger partial charge in [-0.15, -0.1) is 23.4 Å². The fourth-order valence-corrected chi connectivity index (χ4v) is 3.76. The number of thioether (sulfide) groups is 1. The van der Waals surface area contributed by atoms with E-state index in [-0.39, 0.29) is 0 Å². The zero-order chi connectivity index (χ0) is 7.99. The second-order valence-corrected chi connectivity index (χ2v) is 6.74. The molecule has 0 nitrogen and oxygen atoms in total. The van der Waals surface area contributed by atoms with Gasteiger partial charge in [-0.25, -0.2) is 0 Å². The van der Waals surface area contributed by atoms with Crippen molar-refractivity contribution in [3.8, 4) is 0 Å². The molecule has 0 aromatic heterocycles. The molecule has 0 aliphatic carbocycles. The highest BCUT2D eigenvalue weighted by atomic mass is 35.5. The van der Waals surface area contributed by atoms with Gasteiger partial charge in [0, 0.05) is 4.75 Å². The van der Waals surface area contributed by atoms with Gasteiger partial charge in [-0.2, -0.15) is 0 Å². The summed E-state index contributed by atoms with van der Waals surface area (Å²) >= 11 is 7.94. The predicted molar refractivity (Wildman–Crippen MR) is 49.7 cm³/mol. The van der Waals surface area contributed by atoms with Crippen molar-refractivity contribution in [1.29, 1.82) is 0 Å². The van der Waals surface area contributed by atoms with Gasteiger partial charge in [0.25, 0.3) is 0 Å². The quantitative estimate of drug-likeness (QED) is 0.512. The summed E-state index contributed by atoms with van der Waals surface area (Å²) in [6.07, 6.45) is 1.13. The summed E-state index contributed by atoms with van der Waals surface area (Å²) in [6.45, 7) is 9.14. The lowest BCUT2D eigenvalue weighted by Gasteiger charge is -2.33. The van der Waals surface area contributed by atoms with E-state index in [2.05, 4.69) is 27.7 Å². The van der Waals surface area contributed by atoms with Gasteiger partial charge in [-0.3, -0.25) is 0 Å². The van der Waals surface area contributed by atoms with Crippen molar-refractivity contribution in [3.05, 3.63) is 0 Å². The summed E-state index contributed by atoms with van der Waals surface area (Å²) in [5.74, 6) is 0. The summed E-state index contributed by atoms with van der Waals surface area (Å²) in [7, 11) is 0. The SMILES string of the molecule is CC1(C)CC(Cl)SC1(C)C. The van der Waals surface area contributed by atoms with Crippen LogP contribution in [0.1, 0.15) is 34.1 Å². The maximum atomic E-state index is 6.04. The second-order valence-electron chi connectivity index (χ2n) is 4.13. The first kappa shape index (κ1) is 8.73. The molecule has 0 spiro atoms. The highest BCUT2D eigenvalue weighted by Crippen LogP contribution is 2.55. The Morgan fingerprint density at radius 2 is 1.80 bits per heavy atom. The van der Waals surface area contributed by atoms with Crippen molar-refractivity contribution in [2.24, 2.45) is 5.41 Å². The standard InChI is InChI=1S/C8H15ClS/c1-7(2)5-6(9)10-8(7,3)4/h6H,5H2,1-4H3. The first-order valence-corrected chi connectivity index (χ1v) is 4.99. The lowest BCUT2D eigenvalue weighted by atomic mass is 9.79. The van der Waals surface area contributed by atoms with E-state index in [9.17, 15) is 0 Å². The van der Waals surface area contributed by atoms with E-state index in [1.54, 1.807) is 0 Å². The molecule has 0 radical (unpaired) electrons. The van der Waals surface area contributed by atoms with Crippen LogP contribution in [-0.2, 0) is 0 Å². The monoisotopic (exact) mass is 178 g/mol. The smallest absolute Gasteiger partial charge is 0.0800 e. The summed E-state index contributed by atoms with van der Waals surface area (Å²) < 4.78 is 0.671. The molecule has 0 bridgehead atoms. The van der Waals surface area contributed by atoms with E-state index < -0.39 is 0 Å². The minimum Gasteiger partial charge on any atom is -0.135 e. The van der Waals surface area contributed by atoms with E-state index in [1.165, 1.54) is 0 Å². The van der Waals surface area contributed by atoms with E-state index in [0.717, 1.165) is 6.42 Å². The average Bonchev–Trinajstić information content (AvgIpc) is 1.73. The number of alkyl halides is 1. The number of hydrogen-bond donors (Lipinski definition) is 0. The molecular formula is C8H15ClS. The number of hydrogen-bond acceptors (Lipinski definition) is 1. The fourth-order valence-electron chi connectivity index (χ4n) is 1.17. The molecule has 1 fully saturated rings. The maximum Gasteiger partial charge on any atom is 0.0800 e. The van der Waals surface area contributed by atoms with Gasteiger partial charge >= 0.3 is 0 Å². The molecule has 1 saturated heterocycles. The lowest BCUT2D eigenvalue weighted by molar-refractivity contribution is 0.290. The zero-order valence-corrected chi connectivity index (χ0v) is 8.64. The molecule has 1 atom stereocenters. The molecule has 0 N–H and O–H groups in total. The Labute approximate surface area is 72.7 Å². The van der Waals surface area contributed by atoms with Crippen LogP contribution < -0.4 is 0 Å². The van der Waals surface area contributed by atoms with Crippen molar-refractivity contribution in [3.63, 3.8) is 0 Å². The van der Waals surface area contributed by atoms with Crippen molar-refractivity contribution in [1.82, 2.24) is 0 Å². The molecule has 0 saturated carbocycles. The molecule has 10 heavy (non-hydrogen) atoms. The summed E-state index contributed by atoms with van der Waals surface area (Å²) in [6, 6.07) is 0. The highest BCUT2D eigenvalue weighted by Gasteiger charge is 2.46. The average molecular weight is 179 g/mol. The van der Waals surface area contributed by atoms with Crippen LogP contribution in [-0.4, -0.2) is 9.46 Å². The van der Waals surface area contributed by atoms with Crippen LogP contribution in [0.4, 0.5) is 0 Å². The zero-order valence-electron chi connectivity index (χ0n) is 7.07. The van der Waals surface area contributed by atoms with E-state index >= 15 is 0 Å². The Kier molecular flexibility index (Phi) is 2.02. The maximum absolute atomic E-state index is 6.04. The summed E-state index contributed by atoms with van der Waals surface area (Å²) in [5, 5.41) is 0. The molecule has 60 valence electrons. The number of halogens is 1. The van der Waals surface area contributed by atoms with Gasteiger partial charge in [0.2, 0.25) is 0 Å². The molecular weight excluding hydrogens is 164 g/mol. The fraction of sp³-hybridized carbons (Fsp3) is 1.00. The molecule has 1 unspecified atom stereocenters. The molecule has 0 aromatic carbocycles. The van der Waals surface area contributed by atoms with Gasteiger partial charge in [0.1, 0.15) is 0 Å². The van der Waals surface area contributed by atoms with Gasteiger partial charge in [0.15, 0.2) is 0 Å². The third-order valence-corrected chi connectivity index (χ3v) is 4.71. The van der Waals surface area contributed by atoms with Crippen molar-refractivity contribution < 1.29 is 0 Å². The summed E-state index contributed by atoms with van der Waals surface area (Å²) in [5.41, 5.74) is 0.393. The van der Waals surface area contributed by atoms with Crippen LogP contribution >= 0.6 is 23.4 Å². The summed E-state index contributed by atoms with van der Waals surface area (Å²) in [4.78, 5) is 0. The number of rotatable bonds is 0. The van der Waals surface area contributed by atoms with E-state index in [4.69, 9.17) is 11.6 Å². The van der Waals surface area contributed by atoms with Crippen molar-refractivity contribution in [2.45, 2.75) is 43.6 Å². The van der Waals surface area contributed by atoms with Gasteiger partial charge in [-0.1, -0.05) is 27.7 Å². The molecule has 1 aliphatic heterocycles. The van der Waals surface area contributed by atoms with Crippen LogP contribution in [0.25, 0.3) is 0 Å². The van der Waals surface area contributed by atoms with Crippen LogP contribution in [0.2, 0.25) is 0 Å². The Hall–Kier alpha value is 0.640. The molecule has 2 heteroatoms. The van der Waals surface area contributed by atoms with Crippen molar-refractivity contribution in [2.75, 3.05) is 0 Å². The van der Waals surface area contributed by atoms with Gasteiger partial charge < -0.3 is 0 Å². The van der Waals surface area contributed by atoms with Gasteiger partial charge in [-0.05, 0) is 11.8 Å². The Morgan fingerprint density at radius 3 is 1.90 bits per heavy atom. The van der Waals surface area contributed by atoms with Gasteiger partial charge in [0.05, 0.1) is 4.71 Å². The van der Waals surface area contributed by atoms with Crippen LogP contribution in [0, 0.1) is 5.41 Å². The Morgan fingerprint density at radius 1 is 1.30 bits per heavy atom. The minimum absolute atomic E-state index is 0.324. The minimum atomic E-state index is 0.324. The van der Waals surface area contributed by atoms with E-state index in [1.807, 2.05) is 11.8 Å². The van der Waals surface area contributed by atoms with E-state index in [0.29, 0.717) is 14.9 Å². The Bertz CT molecular complexity index is 124. The largest absolute Gasteiger partial charge is 0.135 e. The van der Waals surface area contributed by atoms with Crippen LogP contribution in [0.15, 0.2) is 0 Å². The topological polar surface area (TPSA) is 0 Å². The van der Waals surface area contributed by atoms with Crippen LogP contribution in [0.5, 0.6) is 0 Å². The molecule has 1 heterocycles. The van der Waals surface area contributed by atoms with Crippen LogP contribution in [0.3, 0.4) is 0 Å². The first-order chi connectivity index (χ1) is 4.35. The predicted octanol–water partition coefficient (Wildman–Crippen LogP) is 3.49. The second kappa shape index (κ2) is 2.31. The van der Waals surface area contributed by atoms with Crippen molar-refractivity contribution >= 4 is 23.4 Å². The third-order valence-electron chi connectivity index (χ3n) is 2.72. The normalized spacial score (nSPS) is 36.3. The molecule has 0 amide bonds. The lowest BCUT2D eigenvalue weighted by Crippen LogP contribution is -2.30.